The van der Waals surface area contributed by atoms with Crippen LogP contribution in [0.5, 0.6) is 0 Å². The van der Waals surface area contributed by atoms with Gasteiger partial charge in [-0.25, -0.2) is 4.79 Å². The Kier molecular flexibility index (Phi) is 5.10. The number of nitrogens with one attached hydrogen (secondary N) is 1. The van der Waals surface area contributed by atoms with Crippen molar-refractivity contribution in [1.29, 1.82) is 0 Å². The minimum Gasteiger partial charge on any atom is -0.478 e. The number of hydrogen-bond acceptors (Lipinski definition) is 2. The standard InChI is InChI=1S/C17H17NO3/c19-16(12-13-6-2-1-3-7-13)18-11-10-14-8-4-5-9-15(14)17(20)21/h1-9H,10-12H2,(H,18,19)(H,20,21). The zero-order valence-electron chi connectivity index (χ0n) is 11.6. The molecule has 2 N–H and O–H groups in total. The molecule has 0 aliphatic rings. The van der Waals surface area contributed by atoms with Crippen molar-refractivity contribution in [3.63, 3.8) is 0 Å². The lowest BCUT2D eigenvalue weighted by Crippen LogP contribution is -2.27. The van der Waals surface area contributed by atoms with Crippen molar-refractivity contribution in [3.05, 3.63) is 71.3 Å². The summed E-state index contributed by atoms with van der Waals surface area (Å²) in [6.45, 7) is 0.427. The predicted molar refractivity (Wildman–Crippen MR) is 80.3 cm³/mol. The molecule has 4 nitrogen and oxygen atoms in total. The molecular formula is C17H17NO3. The second kappa shape index (κ2) is 7.24. The van der Waals surface area contributed by atoms with Crippen molar-refractivity contribution in [3.8, 4) is 0 Å². The normalized spacial score (nSPS) is 10.1. The van der Waals surface area contributed by atoms with Gasteiger partial charge in [0.2, 0.25) is 5.91 Å². The van der Waals surface area contributed by atoms with Gasteiger partial charge >= 0.3 is 5.97 Å². The minimum atomic E-state index is -0.943. The van der Waals surface area contributed by atoms with Gasteiger partial charge in [-0.15, -0.1) is 0 Å². The highest BCUT2D eigenvalue weighted by molar-refractivity contribution is 5.89. The van der Waals surface area contributed by atoms with Crippen molar-refractivity contribution in [2.75, 3.05) is 6.54 Å². The van der Waals surface area contributed by atoms with Gasteiger partial charge in [0.15, 0.2) is 0 Å². The van der Waals surface area contributed by atoms with Gasteiger partial charge in [0.25, 0.3) is 0 Å². The van der Waals surface area contributed by atoms with Gasteiger partial charge in [0.05, 0.1) is 12.0 Å². The topological polar surface area (TPSA) is 66.4 Å². The first-order chi connectivity index (χ1) is 10.2. The zero-order valence-corrected chi connectivity index (χ0v) is 11.6. The summed E-state index contributed by atoms with van der Waals surface area (Å²) in [5.41, 5.74) is 1.97. The van der Waals surface area contributed by atoms with Crippen LogP contribution in [0.25, 0.3) is 0 Å². The number of rotatable bonds is 6. The van der Waals surface area contributed by atoms with E-state index < -0.39 is 5.97 Å². The Labute approximate surface area is 123 Å². The monoisotopic (exact) mass is 283 g/mol. The van der Waals surface area contributed by atoms with Crippen LogP contribution in [0, 0.1) is 0 Å². The lowest BCUT2D eigenvalue weighted by Gasteiger charge is -2.07. The molecule has 0 unspecified atom stereocenters. The van der Waals surface area contributed by atoms with E-state index in [1.807, 2.05) is 30.3 Å². The van der Waals surface area contributed by atoms with Crippen LogP contribution in [-0.2, 0) is 17.6 Å². The van der Waals surface area contributed by atoms with Crippen LogP contribution in [0.3, 0.4) is 0 Å². The number of amides is 1. The van der Waals surface area contributed by atoms with Crippen LogP contribution in [0.15, 0.2) is 54.6 Å². The molecule has 1 amide bonds. The van der Waals surface area contributed by atoms with E-state index in [0.29, 0.717) is 19.4 Å². The maximum atomic E-state index is 11.8. The molecule has 0 aromatic heterocycles. The molecule has 0 spiro atoms. The quantitative estimate of drug-likeness (QED) is 0.854. The van der Waals surface area contributed by atoms with E-state index in [1.54, 1.807) is 24.3 Å². The van der Waals surface area contributed by atoms with Gasteiger partial charge in [0, 0.05) is 6.54 Å². The first-order valence-electron chi connectivity index (χ1n) is 6.78. The van der Waals surface area contributed by atoms with Crippen LogP contribution in [0.2, 0.25) is 0 Å². The zero-order chi connectivity index (χ0) is 15.1. The number of carboxylic acids is 1. The third kappa shape index (κ3) is 4.45. The number of carbonyl (C=O) groups is 2. The smallest absolute Gasteiger partial charge is 0.335 e. The summed E-state index contributed by atoms with van der Waals surface area (Å²) in [6, 6.07) is 16.3. The first-order valence-corrected chi connectivity index (χ1v) is 6.78. The summed E-state index contributed by atoms with van der Waals surface area (Å²) >= 11 is 0. The fourth-order valence-electron chi connectivity index (χ4n) is 2.13. The molecule has 0 saturated carbocycles. The highest BCUT2D eigenvalue weighted by atomic mass is 16.4. The molecule has 0 saturated heterocycles. The Balaban J connectivity index is 1.84. The Morgan fingerprint density at radius 1 is 0.952 bits per heavy atom. The van der Waals surface area contributed by atoms with Crippen molar-refractivity contribution in [2.45, 2.75) is 12.8 Å². The third-order valence-corrected chi connectivity index (χ3v) is 3.17. The molecule has 0 aliphatic heterocycles. The molecule has 108 valence electrons. The van der Waals surface area contributed by atoms with E-state index in [-0.39, 0.29) is 11.5 Å². The molecule has 0 fully saturated rings. The van der Waals surface area contributed by atoms with Gasteiger partial charge in [-0.1, -0.05) is 48.5 Å². The summed E-state index contributed by atoms with van der Waals surface area (Å²) in [6.07, 6.45) is 0.838. The Morgan fingerprint density at radius 3 is 2.33 bits per heavy atom. The maximum Gasteiger partial charge on any atom is 0.335 e. The van der Waals surface area contributed by atoms with Crippen LogP contribution in [0.4, 0.5) is 0 Å². The van der Waals surface area contributed by atoms with E-state index in [9.17, 15) is 9.59 Å². The number of hydrogen-bond donors (Lipinski definition) is 2. The van der Waals surface area contributed by atoms with E-state index in [1.165, 1.54) is 0 Å². The molecule has 0 atom stereocenters. The molecular weight excluding hydrogens is 266 g/mol. The fourth-order valence-corrected chi connectivity index (χ4v) is 2.13. The average Bonchev–Trinajstić information content (AvgIpc) is 2.48. The molecule has 2 aromatic carbocycles. The summed E-state index contributed by atoms with van der Waals surface area (Å²) in [5.74, 6) is -1.00. The Hall–Kier alpha value is -2.62. The summed E-state index contributed by atoms with van der Waals surface area (Å²) < 4.78 is 0. The van der Waals surface area contributed by atoms with Crippen molar-refractivity contribution in [2.24, 2.45) is 0 Å². The second-order valence-corrected chi connectivity index (χ2v) is 4.72. The maximum absolute atomic E-state index is 11.8. The Morgan fingerprint density at radius 2 is 1.62 bits per heavy atom. The fraction of sp³-hybridized carbons (Fsp3) is 0.176. The molecule has 4 heteroatoms. The van der Waals surface area contributed by atoms with E-state index in [0.717, 1.165) is 11.1 Å². The van der Waals surface area contributed by atoms with Crippen LogP contribution >= 0.6 is 0 Å². The van der Waals surface area contributed by atoms with Gasteiger partial charge in [-0.2, -0.15) is 0 Å². The molecule has 0 heterocycles. The van der Waals surface area contributed by atoms with Crippen molar-refractivity contribution in [1.82, 2.24) is 5.32 Å². The lowest BCUT2D eigenvalue weighted by atomic mass is 10.0. The average molecular weight is 283 g/mol. The van der Waals surface area contributed by atoms with Crippen molar-refractivity contribution < 1.29 is 14.7 Å². The lowest BCUT2D eigenvalue weighted by molar-refractivity contribution is -0.120. The Bertz CT molecular complexity index is 623. The van der Waals surface area contributed by atoms with Crippen LogP contribution in [0.1, 0.15) is 21.5 Å². The summed E-state index contributed by atoms with van der Waals surface area (Å²) in [7, 11) is 0. The van der Waals surface area contributed by atoms with Crippen LogP contribution < -0.4 is 5.32 Å². The molecule has 2 rings (SSSR count). The highest BCUT2D eigenvalue weighted by Gasteiger charge is 2.09. The van der Waals surface area contributed by atoms with Crippen molar-refractivity contribution >= 4 is 11.9 Å². The summed E-state index contributed by atoms with van der Waals surface area (Å²) in [5, 5.41) is 11.9. The summed E-state index contributed by atoms with van der Waals surface area (Å²) in [4.78, 5) is 22.9. The van der Waals surface area contributed by atoms with E-state index in [4.69, 9.17) is 5.11 Å². The molecule has 0 radical (unpaired) electrons. The van der Waals surface area contributed by atoms with Gasteiger partial charge < -0.3 is 10.4 Å². The number of carboxylic acid groups (broad SMARTS) is 1. The third-order valence-electron chi connectivity index (χ3n) is 3.17. The van der Waals surface area contributed by atoms with Gasteiger partial charge in [-0.3, -0.25) is 4.79 Å². The van der Waals surface area contributed by atoms with Crippen LogP contribution in [-0.4, -0.2) is 23.5 Å². The number of aromatic carboxylic acids is 1. The second-order valence-electron chi connectivity index (χ2n) is 4.72. The number of carbonyl (C=O) groups excluding carboxylic acids is 1. The first kappa shape index (κ1) is 14.8. The molecule has 0 bridgehead atoms. The number of benzene rings is 2. The molecule has 0 aliphatic carbocycles. The van der Waals surface area contributed by atoms with E-state index >= 15 is 0 Å². The SMILES string of the molecule is O=C(Cc1ccccc1)NCCc1ccccc1C(=O)O. The largest absolute Gasteiger partial charge is 0.478 e. The minimum absolute atomic E-state index is 0.0611. The van der Waals surface area contributed by atoms with Gasteiger partial charge in [-0.05, 0) is 23.6 Å². The molecule has 21 heavy (non-hydrogen) atoms. The highest BCUT2D eigenvalue weighted by Crippen LogP contribution is 2.09. The molecule has 2 aromatic rings. The predicted octanol–water partition coefficient (Wildman–Crippen LogP) is 2.29. The van der Waals surface area contributed by atoms with E-state index in [2.05, 4.69) is 5.32 Å². The van der Waals surface area contributed by atoms with Gasteiger partial charge in [0.1, 0.15) is 0 Å².